The maximum atomic E-state index is 13.1. The Morgan fingerprint density at radius 1 is 1.00 bits per heavy atom. The fraction of sp³-hybridized carbons (Fsp3) is 0. The van der Waals surface area contributed by atoms with Crippen LogP contribution in [0.5, 0.6) is 11.8 Å². The summed E-state index contributed by atoms with van der Waals surface area (Å²) in [5, 5.41) is 7.83. The third-order valence-corrected chi connectivity index (χ3v) is 3.09. The van der Waals surface area contributed by atoms with Gasteiger partial charge in [-0.3, -0.25) is 0 Å². The number of para-hydroxylation sites is 1. The first-order chi connectivity index (χ1) is 9.22. The zero-order chi connectivity index (χ0) is 13.2. The summed E-state index contributed by atoms with van der Waals surface area (Å²) in [5.74, 6) is -0.0935. The van der Waals surface area contributed by atoms with Gasteiger partial charge in [0.25, 0.3) is 0 Å². The molecule has 3 rings (SSSR count). The second kappa shape index (κ2) is 4.89. The van der Waals surface area contributed by atoms with E-state index in [1.807, 2.05) is 12.1 Å². The Labute approximate surface area is 116 Å². The number of ether oxygens (including phenoxy) is 1. The van der Waals surface area contributed by atoms with Crippen molar-refractivity contribution >= 4 is 27.0 Å². The highest BCUT2D eigenvalue weighted by molar-refractivity contribution is 9.10. The standard InChI is InChI=1S/C13H7BrFN3O/c14-9-6-5-8(15)7-12(9)19-13-16-10-3-1-2-4-11(10)17-18-13/h1-7H. The minimum absolute atomic E-state index is 0.0741. The van der Waals surface area contributed by atoms with E-state index in [1.54, 1.807) is 18.2 Å². The van der Waals surface area contributed by atoms with Crippen LogP contribution in [0.15, 0.2) is 46.9 Å². The van der Waals surface area contributed by atoms with Crippen LogP contribution in [0.3, 0.4) is 0 Å². The van der Waals surface area contributed by atoms with E-state index in [1.165, 1.54) is 12.1 Å². The minimum Gasteiger partial charge on any atom is -0.422 e. The fourth-order valence-electron chi connectivity index (χ4n) is 1.56. The molecule has 0 saturated carbocycles. The smallest absolute Gasteiger partial charge is 0.341 e. The quantitative estimate of drug-likeness (QED) is 0.722. The summed E-state index contributed by atoms with van der Waals surface area (Å²) in [4.78, 5) is 4.20. The monoisotopic (exact) mass is 319 g/mol. The van der Waals surface area contributed by atoms with Crippen LogP contribution >= 0.6 is 15.9 Å². The van der Waals surface area contributed by atoms with E-state index >= 15 is 0 Å². The van der Waals surface area contributed by atoms with Gasteiger partial charge in [0, 0.05) is 6.07 Å². The van der Waals surface area contributed by atoms with Gasteiger partial charge in [0.15, 0.2) is 0 Å². The molecule has 6 heteroatoms. The van der Waals surface area contributed by atoms with Crippen LogP contribution in [0.2, 0.25) is 0 Å². The molecule has 0 aliphatic rings. The van der Waals surface area contributed by atoms with Crippen molar-refractivity contribution in [3.05, 3.63) is 52.8 Å². The number of hydrogen-bond acceptors (Lipinski definition) is 4. The first kappa shape index (κ1) is 12.0. The van der Waals surface area contributed by atoms with Crippen LogP contribution in [-0.4, -0.2) is 15.2 Å². The summed E-state index contributed by atoms with van der Waals surface area (Å²) in [6.07, 6.45) is 0. The number of halogens is 2. The normalized spacial score (nSPS) is 10.6. The van der Waals surface area contributed by atoms with E-state index < -0.39 is 5.82 Å². The second-order valence-corrected chi connectivity index (χ2v) is 4.61. The lowest BCUT2D eigenvalue weighted by Gasteiger charge is -2.05. The zero-order valence-corrected chi connectivity index (χ0v) is 11.1. The van der Waals surface area contributed by atoms with E-state index in [0.29, 0.717) is 21.3 Å². The van der Waals surface area contributed by atoms with Crippen LogP contribution in [0.1, 0.15) is 0 Å². The van der Waals surface area contributed by atoms with E-state index in [2.05, 4.69) is 31.1 Å². The van der Waals surface area contributed by atoms with Crippen molar-refractivity contribution in [2.45, 2.75) is 0 Å². The van der Waals surface area contributed by atoms with Gasteiger partial charge in [-0.1, -0.05) is 17.2 Å². The molecule has 0 bridgehead atoms. The molecular formula is C13H7BrFN3O. The molecule has 2 aromatic carbocycles. The maximum Gasteiger partial charge on any atom is 0.341 e. The van der Waals surface area contributed by atoms with Crippen molar-refractivity contribution in [3.8, 4) is 11.8 Å². The van der Waals surface area contributed by atoms with Crippen LogP contribution in [0.25, 0.3) is 11.0 Å². The van der Waals surface area contributed by atoms with Gasteiger partial charge in [-0.25, -0.2) is 4.39 Å². The number of fused-ring (bicyclic) bond motifs is 1. The van der Waals surface area contributed by atoms with Crippen molar-refractivity contribution in [3.63, 3.8) is 0 Å². The van der Waals surface area contributed by atoms with Crippen LogP contribution < -0.4 is 4.74 Å². The average Bonchev–Trinajstić information content (AvgIpc) is 2.43. The number of benzene rings is 2. The number of nitrogens with zero attached hydrogens (tertiary/aromatic N) is 3. The van der Waals surface area contributed by atoms with Gasteiger partial charge in [-0.15, -0.1) is 5.10 Å². The molecular weight excluding hydrogens is 313 g/mol. The average molecular weight is 320 g/mol. The van der Waals surface area contributed by atoms with Crippen molar-refractivity contribution in [2.24, 2.45) is 0 Å². The largest absolute Gasteiger partial charge is 0.422 e. The summed E-state index contributed by atoms with van der Waals surface area (Å²) >= 11 is 3.27. The van der Waals surface area contributed by atoms with E-state index in [4.69, 9.17) is 4.74 Å². The Balaban J connectivity index is 1.98. The van der Waals surface area contributed by atoms with Gasteiger partial charge >= 0.3 is 6.01 Å². The Kier molecular flexibility index (Phi) is 3.08. The lowest BCUT2D eigenvalue weighted by atomic mass is 10.3. The van der Waals surface area contributed by atoms with E-state index in [0.717, 1.165) is 0 Å². The SMILES string of the molecule is Fc1ccc(Br)c(Oc2nnc3ccccc3n2)c1. The summed E-state index contributed by atoms with van der Waals surface area (Å²) in [6.45, 7) is 0. The van der Waals surface area contributed by atoms with Crippen molar-refractivity contribution in [1.29, 1.82) is 0 Å². The van der Waals surface area contributed by atoms with Gasteiger partial charge in [0.2, 0.25) is 0 Å². The molecule has 0 atom stereocenters. The number of aromatic nitrogens is 3. The first-order valence-corrected chi connectivity index (χ1v) is 6.24. The van der Waals surface area contributed by atoms with Crippen molar-refractivity contribution < 1.29 is 9.13 Å². The molecule has 0 unspecified atom stereocenters. The fourth-order valence-corrected chi connectivity index (χ4v) is 1.89. The van der Waals surface area contributed by atoms with Crippen LogP contribution in [-0.2, 0) is 0 Å². The highest BCUT2D eigenvalue weighted by atomic mass is 79.9. The van der Waals surface area contributed by atoms with Crippen LogP contribution in [0, 0.1) is 5.82 Å². The predicted molar refractivity (Wildman–Crippen MR) is 71.5 cm³/mol. The van der Waals surface area contributed by atoms with Crippen molar-refractivity contribution in [1.82, 2.24) is 15.2 Å². The summed E-state index contributed by atoms with van der Waals surface area (Å²) in [5.41, 5.74) is 1.34. The Hall–Kier alpha value is -2.08. The molecule has 0 amide bonds. The molecule has 0 aliphatic carbocycles. The molecule has 0 aliphatic heterocycles. The molecule has 0 N–H and O–H groups in total. The number of hydrogen-bond donors (Lipinski definition) is 0. The van der Waals surface area contributed by atoms with Gasteiger partial charge in [-0.05, 0) is 40.2 Å². The highest BCUT2D eigenvalue weighted by Gasteiger charge is 2.08. The number of rotatable bonds is 2. The molecule has 19 heavy (non-hydrogen) atoms. The second-order valence-electron chi connectivity index (χ2n) is 3.76. The molecule has 1 aromatic heterocycles. The molecule has 0 spiro atoms. The van der Waals surface area contributed by atoms with Crippen LogP contribution in [0.4, 0.5) is 4.39 Å². The molecule has 0 radical (unpaired) electrons. The summed E-state index contributed by atoms with van der Waals surface area (Å²) < 4.78 is 19.2. The van der Waals surface area contributed by atoms with Crippen molar-refractivity contribution in [2.75, 3.05) is 0 Å². The maximum absolute atomic E-state index is 13.1. The molecule has 0 fully saturated rings. The Morgan fingerprint density at radius 2 is 1.79 bits per heavy atom. The Bertz CT molecular complexity index is 751. The lowest BCUT2D eigenvalue weighted by Crippen LogP contribution is -1.96. The molecule has 1 heterocycles. The summed E-state index contributed by atoms with van der Waals surface area (Å²) in [7, 11) is 0. The zero-order valence-electron chi connectivity index (χ0n) is 9.55. The van der Waals surface area contributed by atoms with Gasteiger partial charge < -0.3 is 4.74 Å². The van der Waals surface area contributed by atoms with Gasteiger partial charge in [-0.2, -0.15) is 4.98 Å². The Morgan fingerprint density at radius 3 is 2.63 bits per heavy atom. The third kappa shape index (κ3) is 2.53. The predicted octanol–water partition coefficient (Wildman–Crippen LogP) is 3.72. The summed E-state index contributed by atoms with van der Waals surface area (Å²) in [6, 6.07) is 11.5. The molecule has 94 valence electrons. The van der Waals surface area contributed by atoms with E-state index in [9.17, 15) is 4.39 Å². The molecule has 0 saturated heterocycles. The lowest BCUT2D eigenvalue weighted by molar-refractivity contribution is 0.430. The molecule has 3 aromatic rings. The first-order valence-electron chi connectivity index (χ1n) is 5.45. The minimum atomic E-state index is -0.396. The van der Waals surface area contributed by atoms with Gasteiger partial charge in [0.05, 0.1) is 9.99 Å². The molecule has 4 nitrogen and oxygen atoms in total. The van der Waals surface area contributed by atoms with Gasteiger partial charge in [0.1, 0.15) is 17.1 Å². The highest BCUT2D eigenvalue weighted by Crippen LogP contribution is 2.28. The topological polar surface area (TPSA) is 47.9 Å². The van der Waals surface area contributed by atoms with E-state index in [-0.39, 0.29) is 6.01 Å². The third-order valence-electron chi connectivity index (χ3n) is 2.44.